The van der Waals surface area contributed by atoms with Gasteiger partial charge in [0.25, 0.3) is 11.6 Å². The van der Waals surface area contributed by atoms with Gasteiger partial charge in [-0.05, 0) is 49.4 Å². The number of rotatable bonds is 10. The quantitative estimate of drug-likeness (QED) is 0.135. The SMILES string of the molecule is CCOc1ccc(-n2c(SCC(=O)N/N=C/c3cc([N+](=O)[O-])ccc3Cl)nnc2-c2cccnc2)cc1. The van der Waals surface area contributed by atoms with Crippen molar-refractivity contribution in [2.24, 2.45) is 5.10 Å². The second-order valence-corrected chi connectivity index (χ2v) is 8.70. The zero-order valence-electron chi connectivity index (χ0n) is 19.4. The van der Waals surface area contributed by atoms with Crippen molar-refractivity contribution in [3.63, 3.8) is 0 Å². The third kappa shape index (κ3) is 6.48. The Hall–Kier alpha value is -4.29. The van der Waals surface area contributed by atoms with Crippen molar-refractivity contribution in [1.29, 1.82) is 0 Å². The molecule has 0 saturated carbocycles. The number of pyridine rings is 1. The molecule has 0 unspecified atom stereocenters. The lowest BCUT2D eigenvalue weighted by atomic mass is 10.2. The summed E-state index contributed by atoms with van der Waals surface area (Å²) in [5.74, 6) is 0.880. The summed E-state index contributed by atoms with van der Waals surface area (Å²) in [6, 6.07) is 15.1. The van der Waals surface area contributed by atoms with Crippen LogP contribution in [0.1, 0.15) is 12.5 Å². The molecule has 0 aliphatic heterocycles. The Morgan fingerprint density at radius 2 is 2.05 bits per heavy atom. The summed E-state index contributed by atoms with van der Waals surface area (Å²) in [6.45, 7) is 2.47. The fourth-order valence-corrected chi connectivity index (χ4v) is 4.13. The lowest BCUT2D eigenvalue weighted by Gasteiger charge is -2.11. The highest BCUT2D eigenvalue weighted by molar-refractivity contribution is 7.99. The van der Waals surface area contributed by atoms with Crippen molar-refractivity contribution in [2.45, 2.75) is 12.1 Å². The van der Waals surface area contributed by atoms with Gasteiger partial charge in [-0.1, -0.05) is 23.4 Å². The first kappa shape index (κ1) is 25.8. The number of nitro groups is 1. The normalized spacial score (nSPS) is 11.0. The minimum atomic E-state index is -0.539. The number of nitro benzene ring substituents is 1. The van der Waals surface area contributed by atoms with Gasteiger partial charge in [0.05, 0.1) is 23.5 Å². The number of hydrazone groups is 1. The number of nitrogens with zero attached hydrogens (tertiary/aromatic N) is 6. The van der Waals surface area contributed by atoms with Gasteiger partial charge < -0.3 is 4.74 Å². The van der Waals surface area contributed by atoms with Crippen LogP contribution in [0.25, 0.3) is 17.1 Å². The van der Waals surface area contributed by atoms with Crippen LogP contribution in [0.2, 0.25) is 5.02 Å². The summed E-state index contributed by atoms with van der Waals surface area (Å²) >= 11 is 7.22. The molecule has 1 amide bonds. The topological polar surface area (TPSA) is 137 Å². The largest absolute Gasteiger partial charge is 0.494 e. The van der Waals surface area contributed by atoms with Crippen LogP contribution in [-0.4, -0.2) is 49.2 Å². The van der Waals surface area contributed by atoms with E-state index < -0.39 is 10.8 Å². The van der Waals surface area contributed by atoms with Crippen molar-refractivity contribution in [3.8, 4) is 22.8 Å². The average Bonchev–Trinajstić information content (AvgIpc) is 3.33. The monoisotopic (exact) mass is 537 g/mol. The van der Waals surface area contributed by atoms with Gasteiger partial charge in [0.1, 0.15) is 5.75 Å². The molecule has 0 radical (unpaired) electrons. The average molecular weight is 538 g/mol. The maximum Gasteiger partial charge on any atom is 0.270 e. The number of carbonyl (C=O) groups excluding carboxylic acids is 1. The Balaban J connectivity index is 1.50. The van der Waals surface area contributed by atoms with Crippen LogP contribution in [0.5, 0.6) is 5.75 Å². The van der Waals surface area contributed by atoms with E-state index >= 15 is 0 Å². The third-order valence-electron chi connectivity index (χ3n) is 4.87. The molecule has 0 aliphatic carbocycles. The number of hydrogen-bond donors (Lipinski definition) is 1. The molecule has 13 heteroatoms. The number of halogens is 1. The second-order valence-electron chi connectivity index (χ2n) is 7.35. The number of hydrogen-bond acceptors (Lipinski definition) is 9. The Morgan fingerprint density at radius 1 is 1.24 bits per heavy atom. The number of ether oxygens (including phenoxy) is 1. The first-order chi connectivity index (χ1) is 18.0. The number of carbonyl (C=O) groups is 1. The molecular formula is C24H20ClN7O4S. The molecule has 188 valence electrons. The Bertz CT molecular complexity index is 1430. The van der Waals surface area contributed by atoms with Gasteiger partial charge in [-0.2, -0.15) is 5.10 Å². The number of benzene rings is 2. The van der Waals surface area contributed by atoms with E-state index in [9.17, 15) is 14.9 Å². The summed E-state index contributed by atoms with van der Waals surface area (Å²) in [5.41, 5.74) is 4.11. The molecule has 0 aliphatic rings. The zero-order chi connectivity index (χ0) is 26.2. The predicted octanol–water partition coefficient (Wildman–Crippen LogP) is 4.53. The van der Waals surface area contributed by atoms with Crippen LogP contribution in [-0.2, 0) is 4.79 Å². The molecule has 4 aromatic rings. The first-order valence-electron chi connectivity index (χ1n) is 10.9. The van der Waals surface area contributed by atoms with E-state index in [1.165, 1.54) is 36.2 Å². The van der Waals surface area contributed by atoms with Crippen LogP contribution >= 0.6 is 23.4 Å². The van der Waals surface area contributed by atoms with Gasteiger partial charge in [0.2, 0.25) is 0 Å². The molecule has 0 spiro atoms. The Labute approximate surface area is 220 Å². The van der Waals surface area contributed by atoms with Crippen LogP contribution < -0.4 is 10.2 Å². The van der Waals surface area contributed by atoms with Crippen molar-refractivity contribution in [2.75, 3.05) is 12.4 Å². The fraction of sp³-hybridized carbons (Fsp3) is 0.125. The number of amides is 1. The van der Waals surface area contributed by atoms with Crippen LogP contribution in [0.15, 0.2) is 77.2 Å². The molecule has 37 heavy (non-hydrogen) atoms. The van der Waals surface area contributed by atoms with E-state index in [0.717, 1.165) is 17.0 Å². The van der Waals surface area contributed by atoms with Crippen LogP contribution in [0.4, 0.5) is 5.69 Å². The standard InChI is InChI=1S/C24H20ClN7O4S/c1-2-36-20-8-5-18(6-9-20)31-23(16-4-3-11-26-13-16)29-30-24(31)37-15-22(33)28-27-14-17-12-19(32(34)35)7-10-21(17)25/h3-14H,2,15H2,1H3,(H,28,33)/b27-14+. The lowest BCUT2D eigenvalue weighted by Crippen LogP contribution is -2.20. The maximum atomic E-state index is 12.4. The van der Waals surface area contributed by atoms with Crippen molar-refractivity contribution >= 4 is 41.2 Å². The molecule has 2 heterocycles. The molecule has 2 aromatic carbocycles. The van der Waals surface area contributed by atoms with E-state index in [1.807, 2.05) is 41.8 Å². The summed E-state index contributed by atoms with van der Waals surface area (Å²) in [7, 11) is 0. The van der Waals surface area contributed by atoms with Gasteiger partial charge in [-0.3, -0.25) is 24.5 Å². The molecule has 11 nitrogen and oxygen atoms in total. The second kappa shape index (κ2) is 12.1. The third-order valence-corrected chi connectivity index (χ3v) is 6.15. The summed E-state index contributed by atoms with van der Waals surface area (Å²) in [6.07, 6.45) is 4.60. The Morgan fingerprint density at radius 3 is 2.76 bits per heavy atom. The molecule has 0 bridgehead atoms. The predicted molar refractivity (Wildman–Crippen MR) is 140 cm³/mol. The summed E-state index contributed by atoms with van der Waals surface area (Å²) < 4.78 is 7.36. The van der Waals surface area contributed by atoms with Crippen molar-refractivity contribution in [1.82, 2.24) is 25.2 Å². The van der Waals surface area contributed by atoms with Crippen molar-refractivity contribution in [3.05, 3.63) is 87.7 Å². The van der Waals surface area contributed by atoms with Gasteiger partial charge >= 0.3 is 0 Å². The van der Waals surface area contributed by atoms with E-state index in [-0.39, 0.29) is 16.5 Å². The highest BCUT2D eigenvalue weighted by Gasteiger charge is 2.17. The van der Waals surface area contributed by atoms with Gasteiger partial charge in [0, 0.05) is 46.4 Å². The number of nitrogens with one attached hydrogen (secondary N) is 1. The first-order valence-corrected chi connectivity index (χ1v) is 12.3. The van der Waals surface area contributed by atoms with Crippen LogP contribution in [0, 0.1) is 10.1 Å². The fourth-order valence-electron chi connectivity index (χ4n) is 3.22. The molecular weight excluding hydrogens is 518 g/mol. The number of thioether (sulfide) groups is 1. The zero-order valence-corrected chi connectivity index (χ0v) is 21.0. The molecule has 0 atom stereocenters. The van der Waals surface area contributed by atoms with E-state index in [1.54, 1.807) is 18.5 Å². The lowest BCUT2D eigenvalue weighted by molar-refractivity contribution is -0.384. The molecule has 4 rings (SSSR count). The minimum absolute atomic E-state index is 0.0117. The summed E-state index contributed by atoms with van der Waals surface area (Å²) in [5, 5.41) is 24.2. The van der Waals surface area contributed by atoms with Crippen molar-refractivity contribution < 1.29 is 14.5 Å². The molecule has 2 aromatic heterocycles. The van der Waals surface area contributed by atoms with E-state index in [4.69, 9.17) is 16.3 Å². The molecule has 0 fully saturated rings. The van der Waals surface area contributed by atoms with Crippen LogP contribution in [0.3, 0.4) is 0 Å². The van der Waals surface area contributed by atoms with E-state index in [0.29, 0.717) is 23.2 Å². The number of aromatic nitrogens is 4. The number of non-ortho nitro benzene ring substituents is 1. The molecule has 1 N–H and O–H groups in total. The highest BCUT2D eigenvalue weighted by atomic mass is 35.5. The summed E-state index contributed by atoms with van der Waals surface area (Å²) in [4.78, 5) is 27.0. The minimum Gasteiger partial charge on any atom is -0.494 e. The maximum absolute atomic E-state index is 12.4. The van der Waals surface area contributed by atoms with E-state index in [2.05, 4.69) is 25.7 Å². The molecule has 0 saturated heterocycles. The van der Waals surface area contributed by atoms with Gasteiger partial charge in [-0.15, -0.1) is 10.2 Å². The smallest absolute Gasteiger partial charge is 0.270 e. The Kier molecular flexibility index (Phi) is 8.44. The highest BCUT2D eigenvalue weighted by Crippen LogP contribution is 2.28. The van der Waals surface area contributed by atoms with Gasteiger partial charge in [-0.25, -0.2) is 5.43 Å². The van der Waals surface area contributed by atoms with Gasteiger partial charge in [0.15, 0.2) is 11.0 Å².